The number of carbonyl (C=O) groups is 1. The van der Waals surface area contributed by atoms with Crippen molar-refractivity contribution < 1.29 is 9.53 Å². The van der Waals surface area contributed by atoms with Gasteiger partial charge in [0.15, 0.2) is 10.8 Å². The van der Waals surface area contributed by atoms with E-state index in [0.29, 0.717) is 22.4 Å². The Bertz CT molecular complexity index is 1300. The van der Waals surface area contributed by atoms with E-state index < -0.39 is 11.6 Å². The number of nitrogens with zero attached hydrogens (tertiary/aromatic N) is 1. The molecular formula is C28H28ClN3O2S. The predicted octanol–water partition coefficient (Wildman–Crippen LogP) is 5.79. The Morgan fingerprint density at radius 1 is 1.14 bits per heavy atom. The van der Waals surface area contributed by atoms with E-state index in [-0.39, 0.29) is 11.9 Å². The molecule has 2 aliphatic rings. The van der Waals surface area contributed by atoms with Crippen LogP contribution in [0.3, 0.4) is 0 Å². The number of nitrogens with one attached hydrogen (secondary N) is 2. The van der Waals surface area contributed by atoms with Gasteiger partial charge in [-0.3, -0.25) is 4.79 Å². The van der Waals surface area contributed by atoms with E-state index in [9.17, 15) is 4.79 Å². The number of fused-ring (bicyclic) bond motifs is 4. The molecule has 35 heavy (non-hydrogen) atoms. The Kier molecular flexibility index (Phi) is 6.20. The van der Waals surface area contributed by atoms with E-state index >= 15 is 0 Å². The van der Waals surface area contributed by atoms with Crippen LogP contribution in [0.2, 0.25) is 5.02 Å². The van der Waals surface area contributed by atoms with Crippen molar-refractivity contribution in [2.75, 3.05) is 11.9 Å². The lowest BCUT2D eigenvalue weighted by molar-refractivity contribution is -0.149. The van der Waals surface area contributed by atoms with Gasteiger partial charge >= 0.3 is 0 Å². The first-order valence-corrected chi connectivity index (χ1v) is 12.5. The van der Waals surface area contributed by atoms with Gasteiger partial charge in [-0.05, 0) is 74.8 Å². The molecule has 0 spiro atoms. The second-order valence-electron chi connectivity index (χ2n) is 9.44. The average Bonchev–Trinajstić information content (AvgIpc) is 2.81. The van der Waals surface area contributed by atoms with Gasteiger partial charge in [0.25, 0.3) is 0 Å². The van der Waals surface area contributed by atoms with Crippen molar-refractivity contribution in [1.29, 1.82) is 0 Å². The SMILES string of the molecule is Cc1ccc(NC(=O)C2C3NC(=S)N(CCc4ccccc4)C2(C)Oc2ccc(Cl)cc23)c(C)c1. The molecule has 3 unspecified atom stereocenters. The number of benzene rings is 3. The van der Waals surface area contributed by atoms with Crippen molar-refractivity contribution in [3.63, 3.8) is 0 Å². The molecule has 3 aromatic rings. The molecule has 0 saturated carbocycles. The molecule has 2 bridgehead atoms. The van der Waals surface area contributed by atoms with Crippen LogP contribution in [0.1, 0.15) is 35.2 Å². The molecule has 2 N–H and O–H groups in total. The Morgan fingerprint density at radius 3 is 2.66 bits per heavy atom. The summed E-state index contributed by atoms with van der Waals surface area (Å²) >= 11 is 12.1. The number of ether oxygens (including phenoxy) is 1. The zero-order chi connectivity index (χ0) is 24.7. The maximum Gasteiger partial charge on any atom is 0.236 e. The molecular weight excluding hydrogens is 478 g/mol. The summed E-state index contributed by atoms with van der Waals surface area (Å²) in [7, 11) is 0. The number of thiocarbonyl (C=S) groups is 1. The lowest BCUT2D eigenvalue weighted by Gasteiger charge is -2.56. The maximum absolute atomic E-state index is 13.9. The molecule has 3 atom stereocenters. The van der Waals surface area contributed by atoms with Crippen molar-refractivity contribution in [3.05, 3.63) is 94.0 Å². The number of hydrogen-bond acceptors (Lipinski definition) is 3. The van der Waals surface area contributed by atoms with Gasteiger partial charge in [0.1, 0.15) is 11.7 Å². The fraction of sp³-hybridized carbons (Fsp3) is 0.286. The first-order valence-electron chi connectivity index (χ1n) is 11.7. The van der Waals surface area contributed by atoms with Crippen LogP contribution in [0.15, 0.2) is 66.7 Å². The molecule has 0 aliphatic carbocycles. The van der Waals surface area contributed by atoms with Gasteiger partial charge in [0, 0.05) is 22.8 Å². The maximum atomic E-state index is 13.9. The molecule has 1 amide bonds. The lowest BCUT2D eigenvalue weighted by atomic mass is 9.78. The van der Waals surface area contributed by atoms with Crippen molar-refractivity contribution >= 4 is 40.5 Å². The monoisotopic (exact) mass is 505 g/mol. The van der Waals surface area contributed by atoms with E-state index in [1.54, 1.807) is 0 Å². The van der Waals surface area contributed by atoms with Gasteiger partial charge in [-0.2, -0.15) is 0 Å². The molecule has 2 aliphatic heterocycles. The molecule has 0 radical (unpaired) electrons. The lowest BCUT2D eigenvalue weighted by Crippen LogP contribution is -2.71. The molecule has 1 fully saturated rings. The molecule has 1 saturated heterocycles. The van der Waals surface area contributed by atoms with Gasteiger partial charge in [0.05, 0.1) is 6.04 Å². The number of hydrogen-bond donors (Lipinski definition) is 2. The summed E-state index contributed by atoms with van der Waals surface area (Å²) in [6, 6.07) is 21.4. The molecule has 180 valence electrons. The van der Waals surface area contributed by atoms with E-state index in [4.69, 9.17) is 28.6 Å². The Hall–Kier alpha value is -3.09. The highest BCUT2D eigenvalue weighted by atomic mass is 35.5. The fourth-order valence-corrected chi connectivity index (χ4v) is 5.77. The first-order chi connectivity index (χ1) is 16.8. The van der Waals surface area contributed by atoms with Gasteiger partial charge in [-0.15, -0.1) is 0 Å². The number of rotatable bonds is 5. The number of carbonyl (C=O) groups excluding carboxylic acids is 1. The largest absolute Gasteiger partial charge is 0.467 e. The third-order valence-electron chi connectivity index (χ3n) is 6.98. The minimum Gasteiger partial charge on any atom is -0.467 e. The molecule has 0 aromatic heterocycles. The highest BCUT2D eigenvalue weighted by molar-refractivity contribution is 7.80. The van der Waals surface area contributed by atoms with Crippen LogP contribution in [-0.2, 0) is 11.2 Å². The van der Waals surface area contributed by atoms with E-state index in [1.165, 1.54) is 5.56 Å². The van der Waals surface area contributed by atoms with Gasteiger partial charge in [-0.1, -0.05) is 59.6 Å². The topological polar surface area (TPSA) is 53.6 Å². The second-order valence-corrected chi connectivity index (χ2v) is 10.3. The molecule has 3 aromatic carbocycles. The number of amides is 1. The summed E-state index contributed by atoms with van der Waals surface area (Å²) in [5, 5.41) is 7.75. The van der Waals surface area contributed by atoms with Crippen LogP contribution < -0.4 is 15.4 Å². The first kappa shape index (κ1) is 23.6. The summed E-state index contributed by atoms with van der Waals surface area (Å²) in [4.78, 5) is 15.9. The minimum absolute atomic E-state index is 0.130. The Morgan fingerprint density at radius 2 is 1.91 bits per heavy atom. The fourth-order valence-electron chi connectivity index (χ4n) is 5.19. The van der Waals surface area contributed by atoms with Crippen LogP contribution in [-0.4, -0.2) is 28.2 Å². The number of anilines is 1. The number of halogens is 1. The number of aryl methyl sites for hydroxylation is 2. The minimum atomic E-state index is -0.981. The van der Waals surface area contributed by atoms with Crippen molar-refractivity contribution in [3.8, 4) is 5.75 Å². The standard InChI is InChI=1S/C28H28ClN3O2S/c1-17-9-11-22(18(2)15-17)30-26(33)24-25-21-16-20(29)10-12-23(21)34-28(24,3)32(27(35)31-25)14-13-19-7-5-4-6-8-19/h4-12,15-16,24-25H,13-14H2,1-3H3,(H,30,33)(H,31,35). The molecule has 5 nitrogen and oxygen atoms in total. The van der Waals surface area contributed by atoms with Crippen LogP contribution in [0.25, 0.3) is 0 Å². The highest BCUT2D eigenvalue weighted by Gasteiger charge is 2.58. The molecule has 5 rings (SSSR count). The zero-order valence-corrected chi connectivity index (χ0v) is 21.5. The van der Waals surface area contributed by atoms with E-state index in [2.05, 4.69) is 28.8 Å². The predicted molar refractivity (Wildman–Crippen MR) is 144 cm³/mol. The summed E-state index contributed by atoms with van der Waals surface area (Å²) < 4.78 is 6.62. The Labute approximate surface area is 216 Å². The quantitative estimate of drug-likeness (QED) is 0.429. The van der Waals surface area contributed by atoms with Crippen LogP contribution in [0.4, 0.5) is 5.69 Å². The third-order valence-corrected chi connectivity index (χ3v) is 7.56. The zero-order valence-electron chi connectivity index (χ0n) is 20.0. The van der Waals surface area contributed by atoms with Crippen LogP contribution >= 0.6 is 23.8 Å². The normalized spacial score (nSPS) is 22.6. The summed E-state index contributed by atoms with van der Waals surface area (Å²) in [6.45, 7) is 6.60. The summed E-state index contributed by atoms with van der Waals surface area (Å²) in [5.74, 6) is 0.00334. The smallest absolute Gasteiger partial charge is 0.236 e. The third kappa shape index (κ3) is 4.37. The average molecular weight is 506 g/mol. The molecule has 2 heterocycles. The van der Waals surface area contributed by atoms with Gasteiger partial charge < -0.3 is 20.3 Å². The van der Waals surface area contributed by atoms with Crippen molar-refractivity contribution in [1.82, 2.24) is 10.2 Å². The second kappa shape index (κ2) is 9.17. The highest BCUT2D eigenvalue weighted by Crippen LogP contribution is 2.49. The van der Waals surface area contributed by atoms with Crippen LogP contribution in [0, 0.1) is 19.8 Å². The van der Waals surface area contributed by atoms with Crippen molar-refractivity contribution in [2.45, 2.75) is 39.0 Å². The van der Waals surface area contributed by atoms with Crippen molar-refractivity contribution in [2.24, 2.45) is 5.92 Å². The summed E-state index contributed by atoms with van der Waals surface area (Å²) in [6.07, 6.45) is 0.769. The Balaban J connectivity index is 1.52. The molecule has 7 heteroatoms. The van der Waals surface area contributed by atoms with E-state index in [0.717, 1.165) is 28.8 Å². The van der Waals surface area contributed by atoms with E-state index in [1.807, 2.05) is 74.2 Å². The van der Waals surface area contributed by atoms with Gasteiger partial charge in [-0.25, -0.2) is 0 Å². The summed E-state index contributed by atoms with van der Waals surface area (Å²) in [5.41, 5.74) is 4.00. The van der Waals surface area contributed by atoms with Crippen LogP contribution in [0.5, 0.6) is 5.75 Å². The van der Waals surface area contributed by atoms with Gasteiger partial charge in [0.2, 0.25) is 5.91 Å².